The van der Waals surface area contributed by atoms with E-state index in [0.717, 1.165) is 30.6 Å². The third kappa shape index (κ3) is 4.39. The summed E-state index contributed by atoms with van der Waals surface area (Å²) in [7, 11) is 0. The molecule has 3 nitrogen and oxygen atoms in total. The highest BCUT2D eigenvalue weighted by Gasteiger charge is 2.28. The van der Waals surface area contributed by atoms with Crippen LogP contribution in [0.4, 0.5) is 5.69 Å². The number of aryl methyl sites for hydroxylation is 2. The Kier molecular flexibility index (Phi) is 7.10. The van der Waals surface area contributed by atoms with Crippen LogP contribution in [0.2, 0.25) is 0 Å². The van der Waals surface area contributed by atoms with Gasteiger partial charge in [-0.15, -0.1) is 12.4 Å². The molecule has 1 amide bonds. The van der Waals surface area contributed by atoms with Crippen molar-refractivity contribution in [3.63, 3.8) is 0 Å². The molecule has 140 valence electrons. The maximum Gasteiger partial charge on any atom is 0.223 e. The molecule has 26 heavy (non-hydrogen) atoms. The summed E-state index contributed by atoms with van der Waals surface area (Å²) in [5.41, 5.74) is 11.8. The zero-order valence-electron chi connectivity index (χ0n) is 15.7. The molecule has 1 fully saturated rings. The first-order chi connectivity index (χ1) is 12.1. The van der Waals surface area contributed by atoms with E-state index < -0.39 is 0 Å². The molecule has 1 heterocycles. The van der Waals surface area contributed by atoms with Crippen LogP contribution in [-0.2, 0) is 11.2 Å². The minimum Gasteiger partial charge on any atom is -0.399 e. The number of para-hydroxylation sites is 1. The molecule has 2 N–H and O–H groups in total. The summed E-state index contributed by atoms with van der Waals surface area (Å²) >= 11 is 0. The minimum absolute atomic E-state index is 0. The van der Waals surface area contributed by atoms with Gasteiger partial charge in [0.1, 0.15) is 0 Å². The third-order valence-electron chi connectivity index (χ3n) is 5.49. The van der Waals surface area contributed by atoms with Crippen molar-refractivity contribution in [2.24, 2.45) is 0 Å². The van der Waals surface area contributed by atoms with Crippen molar-refractivity contribution in [2.75, 3.05) is 12.3 Å². The average molecular weight is 373 g/mol. The van der Waals surface area contributed by atoms with E-state index in [9.17, 15) is 4.79 Å². The number of hydrogen-bond acceptors (Lipinski definition) is 2. The molecule has 1 atom stereocenters. The van der Waals surface area contributed by atoms with Crippen molar-refractivity contribution in [1.82, 2.24) is 4.90 Å². The predicted molar refractivity (Wildman–Crippen MR) is 111 cm³/mol. The monoisotopic (exact) mass is 372 g/mol. The van der Waals surface area contributed by atoms with Gasteiger partial charge in [-0.25, -0.2) is 0 Å². The van der Waals surface area contributed by atoms with Crippen LogP contribution in [0.5, 0.6) is 0 Å². The number of carbonyl (C=O) groups is 1. The van der Waals surface area contributed by atoms with E-state index in [2.05, 4.69) is 36.9 Å². The average Bonchev–Trinajstić information content (AvgIpc) is 2.63. The van der Waals surface area contributed by atoms with Crippen molar-refractivity contribution in [2.45, 2.75) is 52.0 Å². The van der Waals surface area contributed by atoms with Crippen LogP contribution in [0, 0.1) is 13.8 Å². The third-order valence-corrected chi connectivity index (χ3v) is 5.49. The standard InChI is InChI=1S/C22H28N2O.ClH/c1-16-8-7-10-19(17(16)2)21-12-5-6-15-24(21)22(25)14-13-18-9-3-4-11-20(18)23;/h3-4,7-11,21H,5-6,12-15,23H2,1-2H3;1H. The summed E-state index contributed by atoms with van der Waals surface area (Å²) in [5, 5.41) is 0. The molecule has 0 aromatic heterocycles. The number of nitrogens with two attached hydrogens (primary N) is 1. The summed E-state index contributed by atoms with van der Waals surface area (Å²) in [6, 6.07) is 14.5. The topological polar surface area (TPSA) is 46.3 Å². The number of likely N-dealkylation sites (tertiary alicyclic amines) is 1. The molecule has 1 aliphatic heterocycles. The number of carbonyl (C=O) groups excluding carboxylic acids is 1. The van der Waals surface area contributed by atoms with Gasteiger partial charge in [-0.1, -0.05) is 36.4 Å². The van der Waals surface area contributed by atoms with E-state index in [4.69, 9.17) is 5.73 Å². The van der Waals surface area contributed by atoms with Crippen LogP contribution < -0.4 is 5.73 Å². The van der Waals surface area contributed by atoms with Gasteiger partial charge >= 0.3 is 0 Å². The molecule has 0 spiro atoms. The Morgan fingerprint density at radius 1 is 1.12 bits per heavy atom. The predicted octanol–water partition coefficient (Wildman–Crippen LogP) is 4.99. The van der Waals surface area contributed by atoms with Gasteiger partial charge in [-0.05, 0) is 67.9 Å². The van der Waals surface area contributed by atoms with Gasteiger partial charge in [0.25, 0.3) is 0 Å². The van der Waals surface area contributed by atoms with Crippen molar-refractivity contribution < 1.29 is 4.79 Å². The summed E-state index contributed by atoms with van der Waals surface area (Å²) in [6.45, 7) is 5.18. The second-order valence-corrected chi connectivity index (χ2v) is 7.09. The van der Waals surface area contributed by atoms with E-state index in [-0.39, 0.29) is 24.4 Å². The van der Waals surface area contributed by atoms with Crippen LogP contribution in [0.15, 0.2) is 42.5 Å². The molecular formula is C22H29ClN2O. The normalized spacial score (nSPS) is 16.8. The lowest BCUT2D eigenvalue weighted by Crippen LogP contribution is -2.39. The van der Waals surface area contributed by atoms with E-state index in [1.807, 2.05) is 24.3 Å². The van der Waals surface area contributed by atoms with E-state index in [0.29, 0.717) is 12.8 Å². The number of piperidine rings is 1. The quantitative estimate of drug-likeness (QED) is 0.768. The number of nitrogen functional groups attached to an aromatic ring is 1. The van der Waals surface area contributed by atoms with E-state index >= 15 is 0 Å². The Bertz CT molecular complexity index is 760. The molecule has 0 radical (unpaired) electrons. The molecule has 1 aliphatic rings. The highest BCUT2D eigenvalue weighted by Crippen LogP contribution is 2.34. The number of nitrogens with zero attached hydrogens (tertiary/aromatic N) is 1. The van der Waals surface area contributed by atoms with Crippen LogP contribution in [0.25, 0.3) is 0 Å². The largest absolute Gasteiger partial charge is 0.399 e. The number of anilines is 1. The Morgan fingerprint density at radius 3 is 2.65 bits per heavy atom. The molecular weight excluding hydrogens is 344 g/mol. The van der Waals surface area contributed by atoms with Crippen molar-refractivity contribution in [1.29, 1.82) is 0 Å². The number of hydrogen-bond donors (Lipinski definition) is 1. The minimum atomic E-state index is 0. The number of amides is 1. The number of halogens is 1. The fourth-order valence-corrected chi connectivity index (χ4v) is 3.84. The van der Waals surface area contributed by atoms with Gasteiger partial charge < -0.3 is 10.6 Å². The zero-order valence-corrected chi connectivity index (χ0v) is 16.5. The van der Waals surface area contributed by atoms with Gasteiger partial charge in [0, 0.05) is 18.7 Å². The first-order valence-electron chi connectivity index (χ1n) is 9.27. The summed E-state index contributed by atoms with van der Waals surface area (Å²) in [6.07, 6.45) is 4.58. The lowest BCUT2D eigenvalue weighted by Gasteiger charge is -2.37. The highest BCUT2D eigenvalue weighted by molar-refractivity contribution is 5.85. The van der Waals surface area contributed by atoms with Gasteiger partial charge in [-0.3, -0.25) is 4.79 Å². The first kappa shape index (κ1) is 20.3. The molecule has 0 aliphatic carbocycles. The molecule has 4 heteroatoms. The maximum absolute atomic E-state index is 12.9. The first-order valence-corrected chi connectivity index (χ1v) is 9.27. The van der Waals surface area contributed by atoms with Crippen LogP contribution >= 0.6 is 12.4 Å². The maximum atomic E-state index is 12.9. The number of rotatable bonds is 4. The molecule has 3 rings (SSSR count). The van der Waals surface area contributed by atoms with Crippen molar-refractivity contribution >= 4 is 24.0 Å². The Hall–Kier alpha value is -2.00. The Balaban J connectivity index is 0.00000243. The highest BCUT2D eigenvalue weighted by atomic mass is 35.5. The summed E-state index contributed by atoms with van der Waals surface area (Å²) in [4.78, 5) is 15.0. The zero-order chi connectivity index (χ0) is 17.8. The summed E-state index contributed by atoms with van der Waals surface area (Å²) in [5.74, 6) is 0.244. The van der Waals surface area contributed by atoms with Gasteiger partial charge in [-0.2, -0.15) is 0 Å². The van der Waals surface area contributed by atoms with E-state index in [1.165, 1.54) is 23.1 Å². The van der Waals surface area contributed by atoms with Crippen LogP contribution in [0.1, 0.15) is 54.0 Å². The van der Waals surface area contributed by atoms with Gasteiger partial charge in [0.15, 0.2) is 0 Å². The molecule has 0 bridgehead atoms. The SMILES string of the molecule is Cc1cccc(C2CCCCN2C(=O)CCc2ccccc2N)c1C.Cl. The lowest BCUT2D eigenvalue weighted by atomic mass is 9.90. The van der Waals surface area contributed by atoms with Gasteiger partial charge in [0.05, 0.1) is 6.04 Å². The number of benzene rings is 2. The second kappa shape index (κ2) is 9.09. The molecule has 1 unspecified atom stereocenters. The fraction of sp³-hybridized carbons (Fsp3) is 0.409. The van der Waals surface area contributed by atoms with Gasteiger partial charge in [0.2, 0.25) is 5.91 Å². The molecule has 0 saturated carbocycles. The van der Waals surface area contributed by atoms with Crippen molar-refractivity contribution in [3.8, 4) is 0 Å². The van der Waals surface area contributed by atoms with Crippen molar-refractivity contribution in [3.05, 3.63) is 64.7 Å². The smallest absolute Gasteiger partial charge is 0.223 e. The molecule has 2 aromatic carbocycles. The lowest BCUT2D eigenvalue weighted by molar-refractivity contribution is -0.135. The summed E-state index contributed by atoms with van der Waals surface area (Å²) < 4.78 is 0. The molecule has 2 aromatic rings. The Morgan fingerprint density at radius 2 is 1.88 bits per heavy atom. The Labute approximate surface area is 163 Å². The van der Waals surface area contributed by atoms with Crippen LogP contribution in [-0.4, -0.2) is 17.4 Å². The fourth-order valence-electron chi connectivity index (χ4n) is 3.84. The second-order valence-electron chi connectivity index (χ2n) is 7.09. The van der Waals surface area contributed by atoms with Crippen LogP contribution in [0.3, 0.4) is 0 Å². The molecule has 1 saturated heterocycles. The van der Waals surface area contributed by atoms with E-state index in [1.54, 1.807) is 0 Å².